The first-order valence-corrected chi connectivity index (χ1v) is 5.08. The molecule has 15 heavy (non-hydrogen) atoms. The number of para-hydroxylation sites is 1. The molecule has 1 aromatic carbocycles. The number of aliphatic hydroxyl groups is 2. The molecule has 0 amide bonds. The third-order valence-corrected chi connectivity index (χ3v) is 2.78. The zero-order valence-electron chi connectivity index (χ0n) is 8.50. The number of nitrogens with zero attached hydrogens (tertiary/aromatic N) is 1. The Labute approximate surface area is 88.9 Å². The molecule has 4 nitrogen and oxygen atoms in total. The number of benzene rings is 1. The van der Waals surface area contributed by atoms with Gasteiger partial charge in [-0.2, -0.15) is 0 Å². The van der Waals surface area contributed by atoms with Gasteiger partial charge in [-0.1, -0.05) is 18.2 Å². The van der Waals surface area contributed by atoms with Crippen LogP contribution in [0.15, 0.2) is 24.3 Å². The number of anilines is 1. The van der Waals surface area contributed by atoms with Crippen molar-refractivity contribution in [1.82, 2.24) is 4.90 Å². The van der Waals surface area contributed by atoms with E-state index in [0.29, 0.717) is 19.6 Å². The van der Waals surface area contributed by atoms with Crippen molar-refractivity contribution in [2.24, 2.45) is 0 Å². The highest BCUT2D eigenvalue weighted by molar-refractivity contribution is 5.46. The van der Waals surface area contributed by atoms with Gasteiger partial charge >= 0.3 is 0 Å². The largest absolute Gasteiger partial charge is 0.398 e. The zero-order valence-corrected chi connectivity index (χ0v) is 8.50. The second kappa shape index (κ2) is 4.18. The van der Waals surface area contributed by atoms with Crippen molar-refractivity contribution in [3.8, 4) is 0 Å². The number of rotatable bonds is 2. The average molecular weight is 208 g/mol. The molecule has 0 aromatic heterocycles. The van der Waals surface area contributed by atoms with Gasteiger partial charge in [0.15, 0.2) is 0 Å². The van der Waals surface area contributed by atoms with Crippen LogP contribution in [0.25, 0.3) is 0 Å². The highest BCUT2D eigenvalue weighted by Crippen LogP contribution is 2.17. The van der Waals surface area contributed by atoms with Crippen molar-refractivity contribution in [2.75, 3.05) is 18.8 Å². The molecule has 0 saturated carbocycles. The van der Waals surface area contributed by atoms with Crippen LogP contribution in [-0.4, -0.2) is 40.4 Å². The normalized spacial score (nSPS) is 27.1. The van der Waals surface area contributed by atoms with Crippen molar-refractivity contribution in [3.63, 3.8) is 0 Å². The van der Waals surface area contributed by atoms with Crippen molar-refractivity contribution in [1.29, 1.82) is 0 Å². The number of likely N-dealkylation sites (tertiary alicyclic amines) is 1. The van der Waals surface area contributed by atoms with Gasteiger partial charge in [-0.25, -0.2) is 0 Å². The van der Waals surface area contributed by atoms with Crippen molar-refractivity contribution >= 4 is 5.69 Å². The van der Waals surface area contributed by atoms with Gasteiger partial charge in [0.2, 0.25) is 0 Å². The molecule has 0 radical (unpaired) electrons. The molecule has 2 rings (SSSR count). The fraction of sp³-hybridized carbons (Fsp3) is 0.455. The molecule has 82 valence electrons. The molecule has 1 heterocycles. The molecule has 2 atom stereocenters. The number of aliphatic hydroxyl groups excluding tert-OH is 2. The van der Waals surface area contributed by atoms with E-state index < -0.39 is 12.2 Å². The van der Waals surface area contributed by atoms with Crippen molar-refractivity contribution in [2.45, 2.75) is 18.8 Å². The van der Waals surface area contributed by atoms with E-state index in [0.717, 1.165) is 11.3 Å². The van der Waals surface area contributed by atoms with Gasteiger partial charge in [0.05, 0.1) is 12.2 Å². The fourth-order valence-electron chi connectivity index (χ4n) is 1.90. The van der Waals surface area contributed by atoms with Crippen molar-refractivity contribution in [3.05, 3.63) is 29.8 Å². The Hall–Kier alpha value is -1.10. The van der Waals surface area contributed by atoms with E-state index in [1.54, 1.807) is 0 Å². The Bertz CT molecular complexity index is 333. The lowest BCUT2D eigenvalue weighted by molar-refractivity contribution is 0.0572. The summed E-state index contributed by atoms with van der Waals surface area (Å²) >= 11 is 0. The minimum absolute atomic E-state index is 0.509. The molecule has 2 unspecified atom stereocenters. The Morgan fingerprint density at radius 3 is 2.40 bits per heavy atom. The molecular formula is C11H16N2O2. The van der Waals surface area contributed by atoms with E-state index in [1.807, 2.05) is 29.2 Å². The summed E-state index contributed by atoms with van der Waals surface area (Å²) in [7, 11) is 0. The Balaban J connectivity index is 2.01. The summed E-state index contributed by atoms with van der Waals surface area (Å²) in [5.41, 5.74) is 7.61. The topological polar surface area (TPSA) is 69.7 Å². The van der Waals surface area contributed by atoms with Crippen LogP contribution in [0.4, 0.5) is 5.69 Å². The van der Waals surface area contributed by atoms with E-state index in [4.69, 9.17) is 5.73 Å². The second-order valence-electron chi connectivity index (χ2n) is 4.03. The Morgan fingerprint density at radius 2 is 1.80 bits per heavy atom. The highest BCUT2D eigenvalue weighted by atomic mass is 16.3. The van der Waals surface area contributed by atoms with Crippen LogP contribution in [0, 0.1) is 0 Å². The quantitative estimate of drug-likeness (QED) is 0.589. The maximum Gasteiger partial charge on any atom is 0.0938 e. The maximum absolute atomic E-state index is 9.39. The molecule has 4 heteroatoms. The summed E-state index contributed by atoms with van der Waals surface area (Å²) in [5, 5.41) is 18.8. The number of β-amino-alcohol motifs (C(OH)–C–C–N with tert-alkyl or cyclic N) is 2. The zero-order chi connectivity index (χ0) is 10.8. The number of nitrogens with two attached hydrogens (primary N) is 1. The van der Waals surface area contributed by atoms with Gasteiger partial charge in [-0.05, 0) is 11.6 Å². The van der Waals surface area contributed by atoms with E-state index in [2.05, 4.69) is 0 Å². The maximum atomic E-state index is 9.39. The van der Waals surface area contributed by atoms with E-state index >= 15 is 0 Å². The third kappa shape index (κ3) is 2.28. The van der Waals surface area contributed by atoms with Crippen LogP contribution in [0.3, 0.4) is 0 Å². The first-order valence-electron chi connectivity index (χ1n) is 5.08. The predicted octanol–water partition coefficient (Wildman–Crippen LogP) is -0.194. The summed E-state index contributed by atoms with van der Waals surface area (Å²) < 4.78 is 0. The number of hydrogen-bond acceptors (Lipinski definition) is 4. The van der Waals surface area contributed by atoms with Gasteiger partial charge in [-0.3, -0.25) is 4.90 Å². The lowest BCUT2D eigenvalue weighted by Gasteiger charge is -2.15. The summed E-state index contributed by atoms with van der Waals surface area (Å²) in [6, 6.07) is 7.66. The predicted molar refractivity (Wildman–Crippen MR) is 58.1 cm³/mol. The minimum atomic E-state index is -0.630. The molecule has 0 spiro atoms. The molecular weight excluding hydrogens is 192 g/mol. The van der Waals surface area contributed by atoms with Crippen molar-refractivity contribution < 1.29 is 10.2 Å². The molecule has 4 N–H and O–H groups in total. The third-order valence-electron chi connectivity index (χ3n) is 2.78. The highest BCUT2D eigenvalue weighted by Gasteiger charge is 2.29. The minimum Gasteiger partial charge on any atom is -0.398 e. The second-order valence-corrected chi connectivity index (χ2v) is 4.03. The summed E-state index contributed by atoms with van der Waals surface area (Å²) in [6.45, 7) is 1.70. The van der Waals surface area contributed by atoms with Gasteiger partial charge in [0.1, 0.15) is 0 Å². The molecule has 1 saturated heterocycles. The van der Waals surface area contributed by atoms with Crippen LogP contribution < -0.4 is 5.73 Å². The molecule has 1 aromatic rings. The fourth-order valence-corrected chi connectivity index (χ4v) is 1.90. The summed E-state index contributed by atoms with van der Waals surface area (Å²) in [5.74, 6) is 0. The van der Waals surface area contributed by atoms with E-state index in [9.17, 15) is 10.2 Å². The van der Waals surface area contributed by atoms with E-state index in [-0.39, 0.29) is 0 Å². The van der Waals surface area contributed by atoms with Gasteiger partial charge < -0.3 is 15.9 Å². The van der Waals surface area contributed by atoms with Gasteiger partial charge in [0.25, 0.3) is 0 Å². The lowest BCUT2D eigenvalue weighted by Crippen LogP contribution is -2.22. The molecule has 0 bridgehead atoms. The van der Waals surface area contributed by atoms with Crippen LogP contribution in [-0.2, 0) is 6.54 Å². The van der Waals surface area contributed by atoms with Gasteiger partial charge in [0, 0.05) is 25.3 Å². The Morgan fingerprint density at radius 1 is 1.20 bits per heavy atom. The molecule has 1 fully saturated rings. The number of nitrogen functional groups attached to an aromatic ring is 1. The summed E-state index contributed by atoms with van der Waals surface area (Å²) in [6.07, 6.45) is -1.26. The summed E-state index contributed by atoms with van der Waals surface area (Å²) in [4.78, 5) is 2.00. The first kappa shape index (κ1) is 10.4. The van der Waals surface area contributed by atoms with Crippen LogP contribution >= 0.6 is 0 Å². The lowest BCUT2D eigenvalue weighted by atomic mass is 10.2. The Kier molecular flexibility index (Phi) is 2.90. The monoisotopic (exact) mass is 208 g/mol. The molecule has 1 aliphatic rings. The SMILES string of the molecule is Nc1ccccc1CN1CC(O)C(O)C1. The van der Waals surface area contributed by atoms with Crippen LogP contribution in [0.1, 0.15) is 5.56 Å². The van der Waals surface area contributed by atoms with E-state index in [1.165, 1.54) is 0 Å². The molecule has 1 aliphatic heterocycles. The number of hydrogen-bond donors (Lipinski definition) is 3. The molecule has 0 aliphatic carbocycles. The smallest absolute Gasteiger partial charge is 0.0938 e. The average Bonchev–Trinajstić information content (AvgIpc) is 2.50. The van der Waals surface area contributed by atoms with Gasteiger partial charge in [-0.15, -0.1) is 0 Å². The van der Waals surface area contributed by atoms with Crippen LogP contribution in [0.5, 0.6) is 0 Å². The standard InChI is InChI=1S/C11H16N2O2/c12-9-4-2-1-3-8(9)5-13-6-10(14)11(15)7-13/h1-4,10-11,14-15H,5-7,12H2. The van der Waals surface area contributed by atoms with Crippen LogP contribution in [0.2, 0.25) is 0 Å². The first-order chi connectivity index (χ1) is 7.16.